The van der Waals surface area contributed by atoms with Crippen LogP contribution >= 0.6 is 0 Å². The molecule has 0 amide bonds. The highest BCUT2D eigenvalue weighted by Crippen LogP contribution is 2.36. The Labute approximate surface area is 123 Å². The molecule has 7 heteroatoms. The van der Waals surface area contributed by atoms with Gasteiger partial charge in [-0.25, -0.2) is 9.97 Å². The lowest BCUT2D eigenvalue weighted by Gasteiger charge is -2.31. The quantitative estimate of drug-likeness (QED) is 0.887. The van der Waals surface area contributed by atoms with Crippen molar-refractivity contribution in [3.63, 3.8) is 0 Å². The molecule has 1 aliphatic carbocycles. The second-order valence-electron chi connectivity index (χ2n) is 5.42. The first-order chi connectivity index (χ1) is 10.2. The smallest absolute Gasteiger partial charge is 0.235 e. The summed E-state index contributed by atoms with van der Waals surface area (Å²) in [5, 5.41) is 17.4. The van der Waals surface area contributed by atoms with Gasteiger partial charge in [0, 0.05) is 31.1 Å². The summed E-state index contributed by atoms with van der Waals surface area (Å²) in [4.78, 5) is 10.5. The van der Waals surface area contributed by atoms with Crippen LogP contribution in [0, 0.1) is 0 Å². The molecule has 112 valence electrons. The van der Waals surface area contributed by atoms with Crippen LogP contribution in [-0.4, -0.2) is 38.4 Å². The van der Waals surface area contributed by atoms with Crippen molar-refractivity contribution < 1.29 is 9.52 Å². The molecule has 1 aliphatic rings. The fraction of sp³-hybridized carbons (Fsp3) is 0.571. The van der Waals surface area contributed by atoms with Crippen LogP contribution in [0.15, 0.2) is 16.8 Å². The second kappa shape index (κ2) is 5.77. The normalized spacial score (nSPS) is 21.1. The summed E-state index contributed by atoms with van der Waals surface area (Å²) in [6.45, 7) is 2.49. The van der Waals surface area contributed by atoms with E-state index in [0.717, 1.165) is 30.8 Å². The third-order valence-electron chi connectivity index (χ3n) is 3.78. The van der Waals surface area contributed by atoms with Crippen LogP contribution in [0.5, 0.6) is 0 Å². The fourth-order valence-corrected chi connectivity index (χ4v) is 2.40. The number of nitrogens with zero attached hydrogens (tertiary/aromatic N) is 5. The molecule has 3 rings (SSSR count). The molecule has 0 saturated heterocycles. The zero-order chi connectivity index (χ0) is 14.8. The van der Waals surface area contributed by atoms with Crippen molar-refractivity contribution in [2.45, 2.75) is 44.8 Å². The van der Waals surface area contributed by atoms with Crippen LogP contribution in [0.4, 0.5) is 5.82 Å². The van der Waals surface area contributed by atoms with E-state index < -0.39 is 0 Å². The van der Waals surface area contributed by atoms with E-state index in [4.69, 9.17) is 4.42 Å². The van der Waals surface area contributed by atoms with Gasteiger partial charge < -0.3 is 14.4 Å². The number of aliphatic hydroxyl groups is 1. The highest BCUT2D eigenvalue weighted by atomic mass is 16.4. The van der Waals surface area contributed by atoms with Gasteiger partial charge in [0.15, 0.2) is 0 Å². The lowest BCUT2D eigenvalue weighted by molar-refractivity contribution is 0.0732. The van der Waals surface area contributed by atoms with Crippen molar-refractivity contribution in [3.05, 3.63) is 29.9 Å². The molecular weight excluding hydrogens is 270 g/mol. The van der Waals surface area contributed by atoms with Gasteiger partial charge in [-0.3, -0.25) is 0 Å². The fourth-order valence-electron chi connectivity index (χ4n) is 2.40. The Kier molecular flexibility index (Phi) is 3.83. The first-order valence-electron chi connectivity index (χ1n) is 7.18. The maximum absolute atomic E-state index is 9.40. The lowest BCUT2D eigenvalue weighted by atomic mass is 9.80. The van der Waals surface area contributed by atoms with Crippen molar-refractivity contribution in [2.24, 2.45) is 0 Å². The third-order valence-corrected chi connectivity index (χ3v) is 3.78. The maximum atomic E-state index is 9.40. The van der Waals surface area contributed by atoms with Crippen LogP contribution < -0.4 is 4.90 Å². The van der Waals surface area contributed by atoms with E-state index in [1.807, 2.05) is 24.9 Å². The minimum Gasteiger partial charge on any atom is -0.423 e. The largest absolute Gasteiger partial charge is 0.423 e. The summed E-state index contributed by atoms with van der Waals surface area (Å²) in [7, 11) is 1.93. The zero-order valence-electron chi connectivity index (χ0n) is 12.2. The topological polar surface area (TPSA) is 88.2 Å². The Hall–Kier alpha value is -2.02. The van der Waals surface area contributed by atoms with Gasteiger partial charge >= 0.3 is 0 Å². The Morgan fingerprint density at radius 3 is 2.71 bits per heavy atom. The van der Waals surface area contributed by atoms with Crippen LogP contribution in [0.1, 0.15) is 43.2 Å². The molecule has 1 fully saturated rings. The summed E-state index contributed by atoms with van der Waals surface area (Å²) < 4.78 is 5.51. The molecule has 0 unspecified atom stereocenters. The van der Waals surface area contributed by atoms with E-state index >= 15 is 0 Å². The van der Waals surface area contributed by atoms with E-state index in [-0.39, 0.29) is 6.10 Å². The van der Waals surface area contributed by atoms with Crippen LogP contribution in [0.3, 0.4) is 0 Å². The minimum absolute atomic E-state index is 0.183. The number of rotatable bonds is 5. The molecule has 0 radical (unpaired) electrons. The van der Waals surface area contributed by atoms with Crippen molar-refractivity contribution in [1.82, 2.24) is 20.2 Å². The summed E-state index contributed by atoms with van der Waals surface area (Å²) >= 11 is 0. The molecule has 2 aromatic heterocycles. The van der Waals surface area contributed by atoms with Gasteiger partial charge in [-0.05, 0) is 12.8 Å². The Morgan fingerprint density at radius 2 is 2.05 bits per heavy atom. The lowest BCUT2D eigenvalue weighted by Crippen LogP contribution is -2.27. The van der Waals surface area contributed by atoms with Crippen molar-refractivity contribution in [3.8, 4) is 0 Å². The maximum Gasteiger partial charge on any atom is 0.235 e. The van der Waals surface area contributed by atoms with E-state index in [2.05, 4.69) is 20.2 Å². The van der Waals surface area contributed by atoms with Crippen molar-refractivity contribution in [1.29, 1.82) is 0 Å². The van der Waals surface area contributed by atoms with Crippen molar-refractivity contribution in [2.75, 3.05) is 11.9 Å². The number of aliphatic hydroxyl groups excluding tert-OH is 1. The van der Waals surface area contributed by atoms with E-state index in [1.165, 1.54) is 0 Å². The summed E-state index contributed by atoms with van der Waals surface area (Å²) in [5.74, 6) is 2.38. The van der Waals surface area contributed by atoms with Crippen LogP contribution in [0.25, 0.3) is 0 Å². The Morgan fingerprint density at radius 1 is 1.29 bits per heavy atom. The molecule has 2 aromatic rings. The first kappa shape index (κ1) is 13.9. The molecule has 0 aliphatic heterocycles. The molecule has 0 atom stereocenters. The van der Waals surface area contributed by atoms with E-state index in [0.29, 0.717) is 24.2 Å². The average molecular weight is 289 g/mol. The van der Waals surface area contributed by atoms with Gasteiger partial charge in [-0.2, -0.15) is 0 Å². The van der Waals surface area contributed by atoms with E-state index in [9.17, 15) is 5.11 Å². The first-order valence-corrected chi connectivity index (χ1v) is 7.18. The number of hydrogen-bond acceptors (Lipinski definition) is 7. The number of aryl methyl sites for hydroxylation is 1. The molecule has 1 N–H and O–H groups in total. The molecule has 0 bridgehead atoms. The molecule has 1 saturated carbocycles. The van der Waals surface area contributed by atoms with Crippen LogP contribution in [0.2, 0.25) is 0 Å². The second-order valence-corrected chi connectivity index (χ2v) is 5.42. The van der Waals surface area contributed by atoms with Gasteiger partial charge in [0.1, 0.15) is 12.1 Å². The highest BCUT2D eigenvalue weighted by Gasteiger charge is 2.30. The average Bonchev–Trinajstić information content (AvgIpc) is 2.91. The van der Waals surface area contributed by atoms with Gasteiger partial charge in [0.2, 0.25) is 11.8 Å². The van der Waals surface area contributed by atoms with Gasteiger partial charge in [-0.15, -0.1) is 10.2 Å². The predicted octanol–water partition coefficient (Wildman–Crippen LogP) is 1.30. The highest BCUT2D eigenvalue weighted by molar-refractivity contribution is 5.39. The van der Waals surface area contributed by atoms with Gasteiger partial charge in [0.05, 0.1) is 12.6 Å². The molecular formula is C14H19N5O2. The third kappa shape index (κ3) is 3.02. The standard InChI is InChI=1S/C14H19N5O2/c1-3-13-17-18-14(21-13)7-19(2)12-6-11(15-8-16-12)9-4-10(20)5-9/h6,8-10,20H,3-5,7H2,1-2H3. The molecule has 7 nitrogen and oxygen atoms in total. The monoisotopic (exact) mass is 289 g/mol. The molecule has 21 heavy (non-hydrogen) atoms. The summed E-state index contributed by atoms with van der Waals surface area (Å²) in [6, 6.07) is 1.97. The van der Waals surface area contributed by atoms with Crippen molar-refractivity contribution >= 4 is 5.82 Å². The summed E-state index contributed by atoms with van der Waals surface area (Å²) in [5.41, 5.74) is 0.983. The zero-order valence-corrected chi connectivity index (χ0v) is 12.2. The minimum atomic E-state index is -0.183. The number of hydrogen-bond donors (Lipinski definition) is 1. The number of anilines is 1. The number of aromatic nitrogens is 4. The van der Waals surface area contributed by atoms with Crippen LogP contribution in [-0.2, 0) is 13.0 Å². The Bertz CT molecular complexity index is 609. The molecule has 0 spiro atoms. The SMILES string of the molecule is CCc1nnc(CN(C)c2cc(C3CC(O)C3)ncn2)o1. The van der Waals surface area contributed by atoms with Gasteiger partial charge in [-0.1, -0.05) is 6.92 Å². The molecule has 2 heterocycles. The van der Waals surface area contributed by atoms with E-state index in [1.54, 1.807) is 6.33 Å². The Balaban J connectivity index is 1.69. The molecule has 0 aromatic carbocycles. The summed E-state index contributed by atoms with van der Waals surface area (Å²) in [6.07, 6.45) is 3.68. The predicted molar refractivity (Wildman–Crippen MR) is 75.8 cm³/mol. The van der Waals surface area contributed by atoms with Gasteiger partial charge in [0.25, 0.3) is 0 Å².